The van der Waals surface area contributed by atoms with Crippen molar-refractivity contribution in [2.45, 2.75) is 103 Å². The van der Waals surface area contributed by atoms with Gasteiger partial charge >= 0.3 is 5.97 Å². The minimum Gasteiger partial charge on any atom is -0.458 e. The minimum absolute atomic E-state index is 0.0444. The summed E-state index contributed by atoms with van der Waals surface area (Å²) in [7, 11) is 0. The molecule has 34 heavy (non-hydrogen) atoms. The first-order chi connectivity index (χ1) is 15.9. The normalized spacial score (nSPS) is 35.9. The summed E-state index contributed by atoms with van der Waals surface area (Å²) in [5.41, 5.74) is 0.124. The molecule has 0 bridgehead atoms. The van der Waals surface area contributed by atoms with Gasteiger partial charge in [0.2, 0.25) is 0 Å². The van der Waals surface area contributed by atoms with E-state index in [4.69, 9.17) is 9.47 Å². The third-order valence-electron chi connectivity index (χ3n) is 7.55. The van der Waals surface area contributed by atoms with Crippen LogP contribution >= 0.6 is 0 Å². The number of hydrogen-bond donors (Lipinski definition) is 2. The summed E-state index contributed by atoms with van der Waals surface area (Å²) in [6.07, 6.45) is 4.21. The third-order valence-corrected chi connectivity index (χ3v) is 7.55. The molecule has 2 aliphatic rings. The van der Waals surface area contributed by atoms with Crippen molar-refractivity contribution in [3.05, 3.63) is 35.7 Å². The maximum absolute atomic E-state index is 13.1. The highest BCUT2D eigenvalue weighted by Gasteiger charge is 2.52. The average molecular weight is 474 g/mol. The van der Waals surface area contributed by atoms with Crippen molar-refractivity contribution in [2.75, 3.05) is 0 Å². The van der Waals surface area contributed by atoms with Gasteiger partial charge in [-0.15, -0.1) is 0 Å². The number of carbonyl (C=O) groups excluding carboxylic acids is 2. The number of aliphatic hydroxyl groups excluding tert-OH is 2. The number of aromatic nitrogens is 1. The van der Waals surface area contributed by atoms with E-state index in [0.29, 0.717) is 12.8 Å². The van der Waals surface area contributed by atoms with Gasteiger partial charge in [-0.1, -0.05) is 39.7 Å². The van der Waals surface area contributed by atoms with E-state index in [2.05, 4.69) is 11.9 Å². The van der Waals surface area contributed by atoms with E-state index in [0.717, 1.165) is 30.5 Å². The molecule has 2 N–H and O–H groups in total. The first-order valence-corrected chi connectivity index (χ1v) is 12.3. The number of ketones is 1. The van der Waals surface area contributed by atoms with Crippen molar-refractivity contribution >= 4 is 17.8 Å². The number of carbonyl (C=O) groups is 2. The minimum atomic E-state index is -1.22. The number of pyridine rings is 1. The predicted octanol–water partition coefficient (Wildman–Crippen LogP) is 3.86. The van der Waals surface area contributed by atoms with Gasteiger partial charge in [0.25, 0.3) is 0 Å². The fourth-order valence-corrected chi connectivity index (χ4v) is 4.74. The summed E-state index contributed by atoms with van der Waals surface area (Å²) in [4.78, 5) is 30.3. The zero-order chi connectivity index (χ0) is 25.1. The van der Waals surface area contributed by atoms with Crippen LogP contribution in [-0.2, 0) is 19.1 Å². The number of epoxide rings is 1. The number of nitrogens with zero attached hydrogens (tertiary/aromatic N) is 1. The Labute approximate surface area is 202 Å². The fourth-order valence-electron chi connectivity index (χ4n) is 4.74. The summed E-state index contributed by atoms with van der Waals surface area (Å²) in [6.45, 7) is 8.88. The lowest BCUT2D eigenvalue weighted by atomic mass is 9.74. The van der Waals surface area contributed by atoms with Crippen molar-refractivity contribution in [3.63, 3.8) is 0 Å². The Morgan fingerprint density at radius 1 is 1.18 bits per heavy atom. The van der Waals surface area contributed by atoms with Crippen LogP contribution in [0, 0.1) is 11.3 Å². The van der Waals surface area contributed by atoms with E-state index >= 15 is 0 Å². The van der Waals surface area contributed by atoms with E-state index in [1.54, 1.807) is 27.0 Å². The molecule has 6 atom stereocenters. The Hall–Kier alpha value is -2.09. The molecule has 0 aliphatic carbocycles. The second-order valence-corrected chi connectivity index (χ2v) is 10.7. The van der Waals surface area contributed by atoms with Gasteiger partial charge in [0, 0.05) is 18.5 Å². The summed E-state index contributed by atoms with van der Waals surface area (Å²) >= 11 is 0. The van der Waals surface area contributed by atoms with Crippen molar-refractivity contribution in [1.82, 2.24) is 4.98 Å². The number of fused-ring (bicyclic) bond motifs is 1. The Morgan fingerprint density at radius 2 is 1.91 bits per heavy atom. The number of aliphatic hydroxyl groups is 2. The van der Waals surface area contributed by atoms with Crippen LogP contribution in [0.1, 0.15) is 78.8 Å². The second kappa shape index (κ2) is 10.7. The lowest BCUT2D eigenvalue weighted by Crippen LogP contribution is -2.44. The van der Waals surface area contributed by atoms with Gasteiger partial charge in [-0.3, -0.25) is 14.6 Å². The summed E-state index contributed by atoms with van der Waals surface area (Å²) in [5, 5.41) is 21.4. The first kappa shape index (κ1) is 26.5. The molecule has 2 fully saturated rings. The molecule has 2 saturated heterocycles. The summed E-state index contributed by atoms with van der Waals surface area (Å²) < 4.78 is 11.9. The maximum atomic E-state index is 13.1. The molecule has 0 amide bonds. The van der Waals surface area contributed by atoms with Crippen LogP contribution in [0.15, 0.2) is 30.0 Å². The third kappa shape index (κ3) is 6.32. The fraction of sp³-hybridized carbons (Fsp3) is 0.667. The van der Waals surface area contributed by atoms with E-state index in [9.17, 15) is 19.8 Å². The standard InChI is InChI=1S/C27H39NO6/c1-17(14-19-10-7-9-13-28-19)21-15-23-27(5,34-23)12-8-6-11-20(29)18(2)25(32)26(3,4)22(30)16-24(31)33-21/h7,9-10,13-14,18,20-23,29-30H,6,8,11-12,15-16H2,1-5H3/b17-14+/t18-,20+,21?,22+,23?,27-/m1/s1. The van der Waals surface area contributed by atoms with Crippen molar-refractivity contribution in [1.29, 1.82) is 0 Å². The number of Topliss-reactive ketones (excluding diaryl/α,β-unsaturated/α-hetero) is 1. The van der Waals surface area contributed by atoms with Crippen molar-refractivity contribution in [3.8, 4) is 0 Å². The van der Waals surface area contributed by atoms with Gasteiger partial charge < -0.3 is 19.7 Å². The summed E-state index contributed by atoms with van der Waals surface area (Å²) in [5.74, 6) is -1.46. The van der Waals surface area contributed by atoms with Crippen LogP contribution in [0.5, 0.6) is 0 Å². The zero-order valence-corrected chi connectivity index (χ0v) is 21.0. The van der Waals surface area contributed by atoms with Crippen LogP contribution < -0.4 is 0 Å². The van der Waals surface area contributed by atoms with E-state index in [-0.39, 0.29) is 23.9 Å². The molecule has 1 aromatic rings. The van der Waals surface area contributed by atoms with Crippen LogP contribution in [0.25, 0.3) is 6.08 Å². The topological polar surface area (TPSA) is 109 Å². The molecule has 3 heterocycles. The molecular formula is C27H39NO6. The highest BCUT2D eigenvalue weighted by molar-refractivity contribution is 5.87. The Balaban J connectivity index is 1.83. The zero-order valence-electron chi connectivity index (χ0n) is 21.0. The van der Waals surface area contributed by atoms with Crippen LogP contribution in [0.3, 0.4) is 0 Å². The average Bonchev–Trinajstić information content (AvgIpc) is 3.43. The van der Waals surface area contributed by atoms with Crippen LogP contribution in [-0.4, -0.2) is 57.0 Å². The number of ether oxygens (including phenoxy) is 2. The van der Waals surface area contributed by atoms with Crippen LogP contribution in [0.2, 0.25) is 0 Å². The molecule has 188 valence electrons. The Bertz CT molecular complexity index is 898. The van der Waals surface area contributed by atoms with E-state index < -0.39 is 35.6 Å². The molecule has 7 heteroatoms. The number of cyclic esters (lactones) is 1. The number of esters is 1. The smallest absolute Gasteiger partial charge is 0.309 e. The van der Waals surface area contributed by atoms with Gasteiger partial charge in [0.1, 0.15) is 11.9 Å². The van der Waals surface area contributed by atoms with Crippen LogP contribution in [0.4, 0.5) is 0 Å². The highest BCUT2D eigenvalue weighted by Crippen LogP contribution is 2.44. The quantitative estimate of drug-likeness (QED) is 0.496. The molecule has 0 saturated carbocycles. The molecule has 3 rings (SSSR count). The van der Waals surface area contributed by atoms with Crippen molar-refractivity contribution < 1.29 is 29.3 Å². The lowest BCUT2D eigenvalue weighted by molar-refractivity contribution is -0.154. The van der Waals surface area contributed by atoms with Gasteiger partial charge in [0.15, 0.2) is 0 Å². The van der Waals surface area contributed by atoms with Gasteiger partial charge in [-0.25, -0.2) is 0 Å². The van der Waals surface area contributed by atoms with E-state index in [1.165, 1.54) is 0 Å². The number of rotatable bonds is 2. The molecule has 2 unspecified atom stereocenters. The lowest BCUT2D eigenvalue weighted by Gasteiger charge is -2.33. The highest BCUT2D eigenvalue weighted by atomic mass is 16.6. The van der Waals surface area contributed by atoms with Gasteiger partial charge in [-0.05, 0) is 50.5 Å². The molecule has 1 aromatic heterocycles. The summed E-state index contributed by atoms with van der Waals surface area (Å²) in [6, 6.07) is 5.62. The Morgan fingerprint density at radius 3 is 2.59 bits per heavy atom. The maximum Gasteiger partial charge on any atom is 0.309 e. The number of hydrogen-bond acceptors (Lipinski definition) is 7. The van der Waals surface area contributed by atoms with Gasteiger partial charge in [0.05, 0.1) is 41.4 Å². The molecule has 7 nitrogen and oxygen atoms in total. The molecule has 2 aliphatic heterocycles. The van der Waals surface area contributed by atoms with E-state index in [1.807, 2.05) is 31.2 Å². The Kier molecular flexibility index (Phi) is 8.32. The monoisotopic (exact) mass is 473 g/mol. The van der Waals surface area contributed by atoms with Crippen molar-refractivity contribution in [2.24, 2.45) is 11.3 Å². The molecule has 0 spiro atoms. The molecule has 0 radical (unpaired) electrons. The van der Waals surface area contributed by atoms with Gasteiger partial charge in [-0.2, -0.15) is 0 Å². The SMILES string of the molecule is C/C(=C\c1ccccn1)C1CC2O[C@]2(C)CCCC[C@H](O)[C@@H](C)C(=O)C(C)(C)[C@@H](O)CC(=O)O1. The molecule has 0 aromatic carbocycles. The largest absolute Gasteiger partial charge is 0.458 e. The predicted molar refractivity (Wildman–Crippen MR) is 129 cm³/mol. The molecular weight excluding hydrogens is 434 g/mol. The second-order valence-electron chi connectivity index (χ2n) is 10.7. The first-order valence-electron chi connectivity index (χ1n) is 12.3.